The van der Waals surface area contributed by atoms with Gasteiger partial charge in [-0.15, -0.1) is 0 Å². The third kappa shape index (κ3) is 2.45. The molecule has 1 heterocycles. The van der Waals surface area contributed by atoms with E-state index in [-0.39, 0.29) is 0 Å². The van der Waals surface area contributed by atoms with E-state index in [0.29, 0.717) is 13.2 Å². The molecule has 5 nitrogen and oxygen atoms in total. The van der Waals surface area contributed by atoms with Gasteiger partial charge in [0.05, 0.1) is 13.2 Å². The molecule has 0 spiro atoms. The van der Waals surface area contributed by atoms with Crippen LogP contribution in [0.15, 0.2) is 0 Å². The van der Waals surface area contributed by atoms with E-state index in [2.05, 4.69) is 5.32 Å². The molecule has 0 amide bonds. The molecule has 0 radical (unpaired) electrons. The van der Waals surface area contributed by atoms with Gasteiger partial charge in [-0.25, -0.2) is 0 Å². The van der Waals surface area contributed by atoms with Crippen LogP contribution in [-0.2, 0) is 14.3 Å². The number of nitrogens with one attached hydrogen (secondary N) is 1. The molecule has 0 aromatic carbocycles. The first-order chi connectivity index (χ1) is 5.20. The van der Waals surface area contributed by atoms with Crippen molar-refractivity contribution < 1.29 is 19.4 Å². The van der Waals surface area contributed by atoms with Crippen LogP contribution in [0, 0.1) is 0 Å². The predicted molar refractivity (Wildman–Crippen MR) is 35.9 cm³/mol. The van der Waals surface area contributed by atoms with Crippen molar-refractivity contribution in [3.8, 4) is 0 Å². The number of hydrogen-bond donors (Lipinski definition) is 2. The van der Waals surface area contributed by atoms with Crippen LogP contribution in [0.1, 0.15) is 6.92 Å². The summed E-state index contributed by atoms with van der Waals surface area (Å²) in [5.41, 5.74) is 0. The van der Waals surface area contributed by atoms with E-state index in [1.807, 2.05) is 0 Å². The fourth-order valence-corrected chi connectivity index (χ4v) is 0.730. The maximum absolute atomic E-state index is 10.3. The first-order valence-electron chi connectivity index (χ1n) is 3.42. The summed E-state index contributed by atoms with van der Waals surface area (Å²) in [6.07, 6.45) is -0.555. The van der Waals surface area contributed by atoms with Gasteiger partial charge in [-0.1, -0.05) is 0 Å². The van der Waals surface area contributed by atoms with E-state index < -0.39 is 18.4 Å². The quantitative estimate of drug-likeness (QED) is 0.577. The zero-order chi connectivity index (χ0) is 8.27. The van der Waals surface area contributed by atoms with E-state index in [0.717, 1.165) is 0 Å². The summed E-state index contributed by atoms with van der Waals surface area (Å²) in [4.78, 5) is 10.3. The summed E-state index contributed by atoms with van der Waals surface area (Å²) >= 11 is 0. The zero-order valence-corrected chi connectivity index (χ0v) is 6.24. The fourth-order valence-electron chi connectivity index (χ4n) is 0.730. The molecule has 1 atom stereocenters. The summed E-state index contributed by atoms with van der Waals surface area (Å²) in [6, 6.07) is -0.641. The first-order valence-corrected chi connectivity index (χ1v) is 3.42. The molecule has 0 unspecified atom stereocenters. The van der Waals surface area contributed by atoms with Gasteiger partial charge in [0.15, 0.2) is 0 Å². The van der Waals surface area contributed by atoms with Gasteiger partial charge >= 0.3 is 5.97 Å². The molecule has 11 heavy (non-hydrogen) atoms. The Labute approximate surface area is 64.3 Å². The number of ether oxygens (including phenoxy) is 2. The average Bonchev–Trinajstić information content (AvgIpc) is 2.39. The molecule has 1 rings (SSSR count). The summed E-state index contributed by atoms with van der Waals surface area (Å²) in [6.45, 7) is 2.57. The van der Waals surface area contributed by atoms with Crippen LogP contribution in [0.5, 0.6) is 0 Å². The lowest BCUT2D eigenvalue weighted by Crippen LogP contribution is -2.41. The maximum atomic E-state index is 10.3. The number of hydrogen-bond acceptors (Lipinski definition) is 4. The van der Waals surface area contributed by atoms with Crippen molar-refractivity contribution in [2.45, 2.75) is 19.4 Å². The van der Waals surface area contributed by atoms with Crippen LogP contribution >= 0.6 is 0 Å². The Balaban J connectivity index is 2.23. The molecule has 5 heteroatoms. The second-order valence-electron chi connectivity index (χ2n) is 2.30. The van der Waals surface area contributed by atoms with Crippen LogP contribution in [0.4, 0.5) is 0 Å². The molecule has 1 aliphatic rings. The Morgan fingerprint density at radius 2 is 2.18 bits per heavy atom. The van der Waals surface area contributed by atoms with Crippen molar-refractivity contribution in [3.05, 3.63) is 0 Å². The zero-order valence-electron chi connectivity index (χ0n) is 6.24. The van der Waals surface area contributed by atoms with Crippen molar-refractivity contribution in [3.63, 3.8) is 0 Å². The lowest BCUT2D eigenvalue weighted by atomic mass is 10.3. The van der Waals surface area contributed by atoms with Gasteiger partial charge < -0.3 is 14.6 Å². The third-order valence-corrected chi connectivity index (χ3v) is 1.38. The van der Waals surface area contributed by atoms with E-state index in [1.54, 1.807) is 0 Å². The monoisotopic (exact) mass is 161 g/mol. The second kappa shape index (κ2) is 3.66. The highest BCUT2D eigenvalue weighted by Gasteiger charge is 2.20. The number of rotatable bonds is 3. The largest absolute Gasteiger partial charge is 0.480 e. The Bertz CT molecular complexity index is 144. The van der Waals surface area contributed by atoms with Crippen molar-refractivity contribution in [1.29, 1.82) is 0 Å². The van der Waals surface area contributed by atoms with Crippen LogP contribution in [0.2, 0.25) is 0 Å². The molecule has 2 N–H and O–H groups in total. The first kappa shape index (κ1) is 8.45. The Morgan fingerprint density at radius 1 is 1.64 bits per heavy atom. The average molecular weight is 161 g/mol. The van der Waals surface area contributed by atoms with Crippen molar-refractivity contribution >= 4 is 5.97 Å². The van der Waals surface area contributed by atoms with Crippen LogP contribution in [0.25, 0.3) is 0 Å². The predicted octanol–water partition coefficient (Wildman–Crippen LogP) is -0.620. The Morgan fingerprint density at radius 3 is 2.64 bits per heavy atom. The topological polar surface area (TPSA) is 67.8 Å². The normalized spacial score (nSPS) is 21.9. The number of carbonyl (C=O) groups is 1. The molecule has 0 aromatic rings. The molecule has 1 aliphatic heterocycles. The highest BCUT2D eigenvalue weighted by atomic mass is 16.7. The smallest absolute Gasteiger partial charge is 0.320 e. The van der Waals surface area contributed by atoms with Gasteiger partial charge in [-0.3, -0.25) is 10.1 Å². The fraction of sp³-hybridized carbons (Fsp3) is 0.833. The van der Waals surface area contributed by atoms with Crippen LogP contribution in [0.3, 0.4) is 0 Å². The summed E-state index contributed by atoms with van der Waals surface area (Å²) in [5, 5.41) is 11.1. The van der Waals surface area contributed by atoms with Gasteiger partial charge in [-0.05, 0) is 6.92 Å². The minimum absolute atomic E-state index is 0.518. The molecule has 64 valence electrons. The van der Waals surface area contributed by atoms with Gasteiger partial charge in [0, 0.05) is 0 Å². The summed E-state index contributed by atoms with van der Waals surface area (Å²) < 4.78 is 9.95. The number of carboxylic acid groups (broad SMARTS) is 1. The lowest BCUT2D eigenvalue weighted by molar-refractivity contribution is -0.143. The van der Waals surface area contributed by atoms with Crippen LogP contribution in [-0.4, -0.2) is 36.7 Å². The third-order valence-electron chi connectivity index (χ3n) is 1.38. The Kier molecular flexibility index (Phi) is 2.81. The van der Waals surface area contributed by atoms with Crippen molar-refractivity contribution in [2.24, 2.45) is 0 Å². The Hall–Kier alpha value is -0.650. The number of carboxylic acids is 1. The van der Waals surface area contributed by atoms with Gasteiger partial charge in [0.1, 0.15) is 6.04 Å². The maximum Gasteiger partial charge on any atom is 0.320 e. The molecular formula is C6H11NO4. The van der Waals surface area contributed by atoms with E-state index in [4.69, 9.17) is 14.6 Å². The van der Waals surface area contributed by atoms with E-state index in [9.17, 15) is 4.79 Å². The summed E-state index contributed by atoms with van der Waals surface area (Å²) in [7, 11) is 0. The van der Waals surface area contributed by atoms with Crippen LogP contribution < -0.4 is 5.32 Å². The molecule has 0 bridgehead atoms. The SMILES string of the molecule is C[C@H](NC1OCCO1)C(=O)O. The van der Waals surface area contributed by atoms with Gasteiger partial charge in [-0.2, -0.15) is 0 Å². The standard InChI is InChI=1S/C6H11NO4/c1-4(5(8)9)7-6-10-2-3-11-6/h4,6-7H,2-3H2,1H3,(H,8,9)/t4-/m0/s1. The minimum atomic E-state index is -0.913. The lowest BCUT2D eigenvalue weighted by Gasteiger charge is -2.13. The second-order valence-corrected chi connectivity index (χ2v) is 2.30. The van der Waals surface area contributed by atoms with Crippen molar-refractivity contribution in [2.75, 3.05) is 13.2 Å². The highest BCUT2D eigenvalue weighted by Crippen LogP contribution is 2.00. The minimum Gasteiger partial charge on any atom is -0.480 e. The van der Waals surface area contributed by atoms with E-state index in [1.165, 1.54) is 6.92 Å². The van der Waals surface area contributed by atoms with E-state index >= 15 is 0 Å². The number of aliphatic carboxylic acids is 1. The molecule has 0 aromatic heterocycles. The molecule has 1 saturated heterocycles. The van der Waals surface area contributed by atoms with Crippen molar-refractivity contribution in [1.82, 2.24) is 5.32 Å². The molecule has 1 fully saturated rings. The molecule has 0 aliphatic carbocycles. The summed E-state index contributed by atoms with van der Waals surface area (Å²) in [5.74, 6) is -0.913. The van der Waals surface area contributed by atoms with Gasteiger partial charge in [0.25, 0.3) is 0 Å². The van der Waals surface area contributed by atoms with Gasteiger partial charge in [0.2, 0.25) is 6.41 Å². The molecular weight excluding hydrogens is 150 g/mol. The highest BCUT2D eigenvalue weighted by molar-refractivity contribution is 5.72. The molecule has 0 saturated carbocycles.